The number of aryl methyl sites for hydroxylation is 1. The van der Waals surface area contributed by atoms with Crippen molar-refractivity contribution < 1.29 is 35.5 Å². The molecule has 0 saturated carbocycles. The molecule has 0 aliphatic carbocycles. The standard InChI is InChI=1S/C26H17F7O/c1-2-3-14-10-20(27)23(21(28)11-14)26(32,33)34-18-7-4-15(5-8-18)16-6-9-19-17(12-16)13-22(29)25(31)24(19)30/h4-13H,2-3H2,1H3. The Bertz CT molecular complexity index is 1340. The molecule has 34 heavy (non-hydrogen) atoms. The van der Waals surface area contributed by atoms with E-state index < -0.39 is 40.8 Å². The number of halogens is 7. The summed E-state index contributed by atoms with van der Waals surface area (Å²) in [6.45, 7) is 1.79. The van der Waals surface area contributed by atoms with Crippen molar-refractivity contribution in [2.24, 2.45) is 0 Å². The van der Waals surface area contributed by atoms with Crippen LogP contribution in [0.15, 0.2) is 60.7 Å². The monoisotopic (exact) mass is 478 g/mol. The fourth-order valence-electron chi connectivity index (χ4n) is 3.74. The predicted molar refractivity (Wildman–Crippen MR) is 114 cm³/mol. The molecule has 4 aromatic rings. The lowest BCUT2D eigenvalue weighted by atomic mass is 10.0. The lowest BCUT2D eigenvalue weighted by molar-refractivity contribution is -0.189. The van der Waals surface area contributed by atoms with Gasteiger partial charge in [0.25, 0.3) is 0 Å². The fraction of sp³-hybridized carbons (Fsp3) is 0.154. The summed E-state index contributed by atoms with van der Waals surface area (Å²) in [7, 11) is 0. The normalized spacial score (nSPS) is 11.8. The second kappa shape index (κ2) is 9.00. The Hall–Kier alpha value is -3.55. The highest BCUT2D eigenvalue weighted by molar-refractivity contribution is 5.88. The molecule has 0 aliphatic heterocycles. The van der Waals surface area contributed by atoms with Gasteiger partial charge in [-0.05, 0) is 64.9 Å². The van der Waals surface area contributed by atoms with E-state index in [4.69, 9.17) is 0 Å². The van der Waals surface area contributed by atoms with Gasteiger partial charge in [0, 0.05) is 5.39 Å². The SMILES string of the molecule is CCCc1cc(F)c(C(F)(F)Oc2ccc(-c3ccc4c(F)c(F)c(F)cc4c3)cc2)c(F)c1. The van der Waals surface area contributed by atoms with Crippen LogP contribution < -0.4 is 4.74 Å². The Labute approximate surface area is 190 Å². The molecule has 4 aromatic carbocycles. The largest absolute Gasteiger partial charge is 0.432 e. The van der Waals surface area contributed by atoms with Gasteiger partial charge >= 0.3 is 6.11 Å². The first-order valence-electron chi connectivity index (χ1n) is 10.3. The molecule has 0 fully saturated rings. The van der Waals surface area contributed by atoms with Crippen LogP contribution in [-0.2, 0) is 12.5 Å². The van der Waals surface area contributed by atoms with Crippen molar-refractivity contribution in [1.82, 2.24) is 0 Å². The molecule has 8 heteroatoms. The van der Waals surface area contributed by atoms with Crippen molar-refractivity contribution in [2.45, 2.75) is 25.9 Å². The average Bonchev–Trinajstić information content (AvgIpc) is 2.77. The second-order valence-corrected chi connectivity index (χ2v) is 7.75. The van der Waals surface area contributed by atoms with Crippen molar-refractivity contribution in [2.75, 3.05) is 0 Å². The van der Waals surface area contributed by atoms with Crippen molar-refractivity contribution in [3.05, 3.63) is 101 Å². The highest BCUT2D eigenvalue weighted by Crippen LogP contribution is 2.36. The van der Waals surface area contributed by atoms with Gasteiger partial charge in [0.15, 0.2) is 17.5 Å². The molecule has 0 saturated heterocycles. The number of fused-ring (bicyclic) bond motifs is 1. The summed E-state index contributed by atoms with van der Waals surface area (Å²) in [4.78, 5) is 0. The first-order chi connectivity index (χ1) is 16.1. The summed E-state index contributed by atoms with van der Waals surface area (Å²) in [6.07, 6.45) is -3.34. The number of hydrogen-bond donors (Lipinski definition) is 0. The average molecular weight is 478 g/mol. The summed E-state index contributed by atoms with van der Waals surface area (Å²) in [6, 6.07) is 11.8. The molecule has 0 unspecified atom stereocenters. The summed E-state index contributed by atoms with van der Waals surface area (Å²) < 4.78 is 103. The highest BCUT2D eigenvalue weighted by Gasteiger charge is 2.41. The second-order valence-electron chi connectivity index (χ2n) is 7.75. The van der Waals surface area contributed by atoms with E-state index in [2.05, 4.69) is 4.74 Å². The quantitative estimate of drug-likeness (QED) is 0.200. The molecule has 1 nitrogen and oxygen atoms in total. The zero-order chi connectivity index (χ0) is 24.6. The van der Waals surface area contributed by atoms with Gasteiger partial charge in [-0.1, -0.05) is 37.6 Å². The number of ether oxygens (including phenoxy) is 1. The van der Waals surface area contributed by atoms with Gasteiger partial charge in [-0.2, -0.15) is 8.78 Å². The number of benzene rings is 4. The molecule has 0 aromatic heterocycles. The van der Waals surface area contributed by atoms with Crippen molar-refractivity contribution >= 4 is 10.8 Å². The van der Waals surface area contributed by atoms with Gasteiger partial charge in [-0.3, -0.25) is 0 Å². The third kappa shape index (κ3) is 4.44. The molecule has 0 N–H and O–H groups in total. The predicted octanol–water partition coefficient (Wildman–Crippen LogP) is 8.28. The van der Waals surface area contributed by atoms with Gasteiger partial charge in [0.2, 0.25) is 0 Å². The number of hydrogen-bond acceptors (Lipinski definition) is 1. The van der Waals surface area contributed by atoms with E-state index in [9.17, 15) is 30.7 Å². The third-order valence-corrected chi connectivity index (χ3v) is 5.34. The van der Waals surface area contributed by atoms with Crippen LogP contribution in [0.25, 0.3) is 21.9 Å². The maximum atomic E-state index is 14.6. The minimum Gasteiger partial charge on any atom is -0.429 e. The van der Waals surface area contributed by atoms with Crippen LogP contribution in [0.3, 0.4) is 0 Å². The molecule has 0 aliphatic rings. The zero-order valence-corrected chi connectivity index (χ0v) is 17.7. The van der Waals surface area contributed by atoms with Crippen LogP contribution in [0.5, 0.6) is 5.75 Å². The van der Waals surface area contributed by atoms with Gasteiger partial charge < -0.3 is 4.74 Å². The minimum atomic E-state index is -4.28. The Morgan fingerprint density at radius 1 is 0.706 bits per heavy atom. The lowest BCUT2D eigenvalue weighted by Crippen LogP contribution is -2.25. The van der Waals surface area contributed by atoms with Gasteiger partial charge in [-0.25, -0.2) is 22.0 Å². The topological polar surface area (TPSA) is 9.23 Å². The van der Waals surface area contributed by atoms with Crippen molar-refractivity contribution in [3.63, 3.8) is 0 Å². The van der Waals surface area contributed by atoms with Crippen LogP contribution in [0.2, 0.25) is 0 Å². The van der Waals surface area contributed by atoms with E-state index in [1.165, 1.54) is 42.5 Å². The van der Waals surface area contributed by atoms with Crippen LogP contribution in [-0.4, -0.2) is 0 Å². The molecule has 176 valence electrons. The molecule has 0 spiro atoms. The molecule has 0 bridgehead atoms. The first kappa shape index (κ1) is 23.6. The third-order valence-electron chi connectivity index (χ3n) is 5.34. The first-order valence-corrected chi connectivity index (χ1v) is 10.3. The molecule has 0 heterocycles. The Morgan fingerprint density at radius 3 is 1.94 bits per heavy atom. The van der Waals surface area contributed by atoms with Crippen LogP contribution in [0.1, 0.15) is 24.5 Å². The van der Waals surface area contributed by atoms with E-state index in [0.29, 0.717) is 24.0 Å². The minimum absolute atomic E-state index is 0.109. The van der Waals surface area contributed by atoms with Gasteiger partial charge in [0.05, 0.1) is 0 Å². The number of rotatable bonds is 6. The van der Waals surface area contributed by atoms with Crippen molar-refractivity contribution in [3.8, 4) is 16.9 Å². The Balaban J connectivity index is 1.60. The molecule has 0 radical (unpaired) electrons. The molecular weight excluding hydrogens is 461 g/mol. The summed E-state index contributed by atoms with van der Waals surface area (Å²) in [5.41, 5.74) is -0.273. The van der Waals surface area contributed by atoms with E-state index in [1.807, 2.05) is 0 Å². The number of alkyl halides is 2. The van der Waals surface area contributed by atoms with Crippen molar-refractivity contribution in [1.29, 1.82) is 0 Å². The Morgan fingerprint density at radius 2 is 1.32 bits per heavy atom. The highest BCUT2D eigenvalue weighted by atomic mass is 19.3. The van der Waals surface area contributed by atoms with E-state index in [1.54, 1.807) is 6.92 Å². The molecular formula is C26H17F7O. The summed E-state index contributed by atoms with van der Waals surface area (Å²) >= 11 is 0. The summed E-state index contributed by atoms with van der Waals surface area (Å²) in [5.74, 6) is -7.39. The lowest BCUT2D eigenvalue weighted by Gasteiger charge is -2.20. The van der Waals surface area contributed by atoms with E-state index >= 15 is 0 Å². The molecule has 4 rings (SSSR count). The molecule has 0 amide bonds. The maximum Gasteiger partial charge on any atom is 0.432 e. The summed E-state index contributed by atoms with van der Waals surface area (Å²) in [5, 5.41) is -0.00511. The van der Waals surface area contributed by atoms with Crippen LogP contribution >= 0.6 is 0 Å². The zero-order valence-electron chi connectivity index (χ0n) is 17.7. The van der Waals surface area contributed by atoms with Crippen LogP contribution in [0.4, 0.5) is 30.7 Å². The van der Waals surface area contributed by atoms with Gasteiger partial charge in [0.1, 0.15) is 22.9 Å². The fourth-order valence-corrected chi connectivity index (χ4v) is 3.74. The smallest absolute Gasteiger partial charge is 0.429 e. The van der Waals surface area contributed by atoms with Gasteiger partial charge in [-0.15, -0.1) is 0 Å². The van der Waals surface area contributed by atoms with Crippen LogP contribution in [0, 0.1) is 29.1 Å². The van der Waals surface area contributed by atoms with E-state index in [0.717, 1.165) is 18.2 Å². The Kier molecular flexibility index (Phi) is 6.25. The van der Waals surface area contributed by atoms with E-state index in [-0.39, 0.29) is 22.1 Å². The molecule has 0 atom stereocenters. The maximum absolute atomic E-state index is 14.6.